The highest BCUT2D eigenvalue weighted by molar-refractivity contribution is 6.10. The van der Waals surface area contributed by atoms with Gasteiger partial charge >= 0.3 is 6.03 Å². The zero-order chi connectivity index (χ0) is 21.2. The molecule has 0 bridgehead atoms. The van der Waals surface area contributed by atoms with Crippen molar-refractivity contribution in [1.29, 1.82) is 0 Å². The van der Waals surface area contributed by atoms with Crippen LogP contribution < -0.4 is 16.0 Å². The molecule has 4 atom stereocenters. The molecule has 30 heavy (non-hydrogen) atoms. The number of aliphatic hydroxyl groups excluding tert-OH is 1. The molecular formula is C22H28N4O4. The third kappa shape index (κ3) is 2.80. The van der Waals surface area contributed by atoms with E-state index in [0.717, 1.165) is 47.5 Å². The molecule has 160 valence electrons. The van der Waals surface area contributed by atoms with Crippen molar-refractivity contribution in [3.63, 3.8) is 0 Å². The lowest BCUT2D eigenvalue weighted by atomic mass is 9.89. The van der Waals surface area contributed by atoms with Gasteiger partial charge in [-0.05, 0) is 67.2 Å². The Morgan fingerprint density at radius 1 is 1.30 bits per heavy atom. The summed E-state index contributed by atoms with van der Waals surface area (Å²) >= 11 is 0. The number of nitrogens with two attached hydrogens (primary N) is 1. The van der Waals surface area contributed by atoms with Crippen LogP contribution in [-0.4, -0.2) is 53.1 Å². The van der Waals surface area contributed by atoms with Crippen LogP contribution in [0, 0.1) is 11.8 Å². The average molecular weight is 412 g/mol. The van der Waals surface area contributed by atoms with Crippen LogP contribution in [0.3, 0.4) is 0 Å². The van der Waals surface area contributed by atoms with Gasteiger partial charge in [0.2, 0.25) is 5.91 Å². The summed E-state index contributed by atoms with van der Waals surface area (Å²) in [6.07, 6.45) is 3.57. The smallest absolute Gasteiger partial charge is 0.326 e. The molecule has 8 heteroatoms. The fourth-order valence-corrected chi connectivity index (χ4v) is 5.53. The van der Waals surface area contributed by atoms with Gasteiger partial charge in [-0.25, -0.2) is 9.69 Å². The lowest BCUT2D eigenvalue weighted by molar-refractivity contribution is -0.139. The van der Waals surface area contributed by atoms with Gasteiger partial charge in [0.05, 0.1) is 6.10 Å². The molecule has 2 aliphatic heterocycles. The average Bonchev–Trinajstić information content (AvgIpc) is 3.31. The number of imide groups is 1. The number of hydrogen-bond acceptors (Lipinski definition) is 5. The number of aliphatic hydroxyl groups is 1. The summed E-state index contributed by atoms with van der Waals surface area (Å²) in [6.45, 7) is 3.30. The molecule has 8 nitrogen and oxygen atoms in total. The third-order valence-electron chi connectivity index (χ3n) is 7.40. The van der Waals surface area contributed by atoms with E-state index in [1.165, 1.54) is 0 Å². The van der Waals surface area contributed by atoms with Gasteiger partial charge in [-0.3, -0.25) is 9.59 Å². The van der Waals surface area contributed by atoms with Gasteiger partial charge in [0.15, 0.2) is 0 Å². The number of β-amino-alcohol motifs (C(OH)–C–C–N with tert-alkyl or cyclic N) is 1. The first-order valence-corrected chi connectivity index (χ1v) is 10.8. The summed E-state index contributed by atoms with van der Waals surface area (Å²) < 4.78 is 0. The Bertz CT molecular complexity index is 930. The van der Waals surface area contributed by atoms with Crippen molar-refractivity contribution in [3.8, 4) is 0 Å². The molecule has 3 fully saturated rings. The number of carbonyl (C=O) groups is 3. The van der Waals surface area contributed by atoms with Crippen molar-refractivity contribution in [1.82, 2.24) is 10.2 Å². The van der Waals surface area contributed by atoms with Crippen molar-refractivity contribution in [2.75, 3.05) is 18.0 Å². The van der Waals surface area contributed by atoms with Crippen LogP contribution in [0.15, 0.2) is 18.2 Å². The lowest BCUT2D eigenvalue weighted by Crippen LogP contribution is -2.53. The van der Waals surface area contributed by atoms with Crippen molar-refractivity contribution in [3.05, 3.63) is 29.3 Å². The number of primary amides is 1. The maximum Gasteiger partial charge on any atom is 0.326 e. The second-order valence-corrected chi connectivity index (χ2v) is 9.28. The predicted molar refractivity (Wildman–Crippen MR) is 110 cm³/mol. The first-order chi connectivity index (χ1) is 14.3. The van der Waals surface area contributed by atoms with Gasteiger partial charge in [0.1, 0.15) is 11.6 Å². The summed E-state index contributed by atoms with van der Waals surface area (Å²) in [5.41, 5.74) is 7.38. The van der Waals surface area contributed by atoms with E-state index >= 15 is 0 Å². The number of rotatable bonds is 5. The van der Waals surface area contributed by atoms with Crippen LogP contribution in [0.1, 0.15) is 43.7 Å². The van der Waals surface area contributed by atoms with Crippen molar-refractivity contribution in [2.24, 2.45) is 17.6 Å². The molecule has 0 aromatic heterocycles. The number of urea groups is 1. The zero-order valence-electron chi connectivity index (χ0n) is 17.1. The van der Waals surface area contributed by atoms with Gasteiger partial charge in [-0.1, -0.05) is 13.0 Å². The van der Waals surface area contributed by atoms with Gasteiger partial charge in [0.25, 0.3) is 5.91 Å². The summed E-state index contributed by atoms with van der Waals surface area (Å²) in [5.74, 6) is -0.811. The summed E-state index contributed by atoms with van der Waals surface area (Å²) in [7, 11) is 0. The van der Waals surface area contributed by atoms with E-state index in [-0.39, 0.29) is 17.9 Å². The molecule has 2 saturated heterocycles. The monoisotopic (exact) mass is 412 g/mol. The Balaban J connectivity index is 1.46. The van der Waals surface area contributed by atoms with Crippen LogP contribution in [0.25, 0.3) is 0 Å². The van der Waals surface area contributed by atoms with Crippen LogP contribution in [-0.2, 0) is 21.5 Å². The van der Waals surface area contributed by atoms with Gasteiger partial charge < -0.3 is 21.1 Å². The minimum absolute atomic E-state index is 0.141. The van der Waals surface area contributed by atoms with Crippen LogP contribution in [0.4, 0.5) is 10.5 Å². The Labute approximate surface area is 175 Å². The van der Waals surface area contributed by atoms with E-state index < -0.39 is 23.5 Å². The number of benzene rings is 1. The Morgan fingerprint density at radius 2 is 2.07 bits per heavy atom. The molecular weight excluding hydrogens is 384 g/mol. The minimum Gasteiger partial charge on any atom is -0.391 e. The SMILES string of the molecule is C[C@@H](C1CC1)C(C(N)=O)N1C(=O)NC2(CCc3cc(N4CCC(O)C4)ccc32)C1=O. The van der Waals surface area contributed by atoms with E-state index in [9.17, 15) is 19.5 Å². The molecule has 2 aliphatic carbocycles. The van der Waals surface area contributed by atoms with Crippen molar-refractivity contribution in [2.45, 2.75) is 56.7 Å². The highest BCUT2D eigenvalue weighted by atomic mass is 16.3. The first-order valence-electron chi connectivity index (χ1n) is 10.8. The van der Waals surface area contributed by atoms with E-state index in [2.05, 4.69) is 16.3 Å². The Kier molecular flexibility index (Phi) is 4.32. The highest BCUT2D eigenvalue weighted by Crippen LogP contribution is 2.45. The van der Waals surface area contributed by atoms with E-state index in [0.29, 0.717) is 25.3 Å². The zero-order valence-corrected chi connectivity index (χ0v) is 17.1. The second-order valence-electron chi connectivity index (χ2n) is 9.28. The van der Waals surface area contributed by atoms with Gasteiger partial charge in [-0.2, -0.15) is 0 Å². The number of nitrogens with one attached hydrogen (secondary N) is 1. The fraction of sp³-hybridized carbons (Fsp3) is 0.591. The number of anilines is 1. The Hall–Kier alpha value is -2.61. The molecule has 0 radical (unpaired) electrons. The summed E-state index contributed by atoms with van der Waals surface area (Å²) in [6, 6.07) is 4.47. The van der Waals surface area contributed by atoms with Crippen LogP contribution in [0.2, 0.25) is 0 Å². The number of hydrogen-bond donors (Lipinski definition) is 3. The van der Waals surface area contributed by atoms with Crippen molar-refractivity contribution >= 4 is 23.5 Å². The summed E-state index contributed by atoms with van der Waals surface area (Å²) in [5, 5.41) is 12.7. The molecule has 1 aromatic rings. The first kappa shape index (κ1) is 19.4. The molecule has 1 spiro atoms. The predicted octanol–water partition coefficient (Wildman–Crippen LogP) is 0.851. The fourth-order valence-electron chi connectivity index (χ4n) is 5.53. The minimum atomic E-state index is -1.12. The number of aryl methyl sites for hydroxylation is 1. The number of carbonyl (C=O) groups excluding carboxylic acids is 3. The van der Waals surface area contributed by atoms with E-state index in [4.69, 9.17) is 5.73 Å². The molecule has 1 aromatic carbocycles. The maximum atomic E-state index is 13.6. The molecule has 4 amide bonds. The standard InChI is InChI=1S/C22H28N4O4/c1-12(13-2-3-13)18(19(23)28)26-20(29)22(24-21(26)30)8-6-14-10-15(4-5-17(14)22)25-9-7-16(27)11-25/h4-5,10,12-13,16,18,27H,2-3,6-9,11H2,1H3,(H2,23,28)(H,24,30)/t12-,16?,18?,22?/m0/s1. The third-order valence-corrected chi connectivity index (χ3v) is 7.40. The quantitative estimate of drug-likeness (QED) is 0.620. The summed E-state index contributed by atoms with van der Waals surface area (Å²) in [4.78, 5) is 41.9. The molecule has 4 aliphatic rings. The van der Waals surface area contributed by atoms with Gasteiger partial charge in [0, 0.05) is 18.8 Å². The van der Waals surface area contributed by atoms with Crippen LogP contribution >= 0.6 is 0 Å². The molecule has 4 N–H and O–H groups in total. The number of fused-ring (bicyclic) bond motifs is 2. The van der Waals surface area contributed by atoms with E-state index in [1.54, 1.807) is 0 Å². The maximum absolute atomic E-state index is 13.6. The number of nitrogens with zero attached hydrogens (tertiary/aromatic N) is 2. The van der Waals surface area contributed by atoms with Crippen molar-refractivity contribution < 1.29 is 19.5 Å². The molecule has 2 heterocycles. The molecule has 5 rings (SSSR count). The van der Waals surface area contributed by atoms with E-state index in [1.807, 2.05) is 19.1 Å². The Morgan fingerprint density at radius 3 is 2.70 bits per heavy atom. The second kappa shape index (κ2) is 6.70. The lowest BCUT2D eigenvalue weighted by Gasteiger charge is -2.29. The van der Waals surface area contributed by atoms with Crippen LogP contribution in [0.5, 0.6) is 0 Å². The molecule has 3 unspecified atom stereocenters. The normalized spacial score (nSPS) is 30.0. The molecule has 1 saturated carbocycles. The number of amides is 4. The largest absolute Gasteiger partial charge is 0.391 e. The topological polar surface area (TPSA) is 116 Å². The highest BCUT2D eigenvalue weighted by Gasteiger charge is 2.59. The van der Waals surface area contributed by atoms with Gasteiger partial charge in [-0.15, -0.1) is 0 Å².